The lowest BCUT2D eigenvalue weighted by Crippen LogP contribution is -2.49. The fourth-order valence-electron chi connectivity index (χ4n) is 4.53. The van der Waals surface area contributed by atoms with Crippen LogP contribution in [0.5, 0.6) is 17.4 Å². The van der Waals surface area contributed by atoms with Crippen LogP contribution < -0.4 is 24.0 Å². The third-order valence-electron chi connectivity index (χ3n) is 6.31. The zero-order valence-electron chi connectivity index (χ0n) is 20.3. The van der Waals surface area contributed by atoms with Crippen molar-refractivity contribution in [2.45, 2.75) is 18.9 Å². The molecule has 8 heteroatoms. The van der Waals surface area contributed by atoms with Gasteiger partial charge < -0.3 is 19.1 Å². The van der Waals surface area contributed by atoms with Crippen molar-refractivity contribution < 1.29 is 23.8 Å². The van der Waals surface area contributed by atoms with E-state index in [-0.39, 0.29) is 18.2 Å². The smallest absolute Gasteiger partial charge is 0.233 e. The number of hydrogen-bond acceptors (Lipinski definition) is 6. The van der Waals surface area contributed by atoms with Crippen molar-refractivity contribution >= 4 is 23.3 Å². The van der Waals surface area contributed by atoms with Gasteiger partial charge in [0.05, 0.1) is 33.3 Å². The number of para-hydroxylation sites is 1. The topological polar surface area (TPSA) is 81.2 Å². The molecule has 0 bridgehead atoms. The van der Waals surface area contributed by atoms with Crippen molar-refractivity contribution in [2.24, 2.45) is 5.92 Å². The van der Waals surface area contributed by atoms with Crippen molar-refractivity contribution in [1.29, 1.82) is 0 Å². The Morgan fingerprint density at radius 3 is 2.37 bits per heavy atom. The molecule has 1 fully saturated rings. The molecule has 0 unspecified atom stereocenters. The van der Waals surface area contributed by atoms with Gasteiger partial charge >= 0.3 is 0 Å². The predicted molar refractivity (Wildman–Crippen MR) is 133 cm³/mol. The molecule has 4 rings (SSSR count). The first kappa shape index (κ1) is 24.1. The fourth-order valence-corrected chi connectivity index (χ4v) is 4.53. The minimum absolute atomic E-state index is 0.0581. The van der Waals surface area contributed by atoms with Gasteiger partial charge in [0.2, 0.25) is 17.7 Å². The molecular weight excluding hydrogens is 446 g/mol. The molecule has 1 aromatic heterocycles. The zero-order valence-corrected chi connectivity index (χ0v) is 20.3. The molecule has 2 aromatic carbocycles. The average Bonchev–Trinajstić information content (AvgIpc) is 2.92. The maximum Gasteiger partial charge on any atom is 0.233 e. The zero-order chi connectivity index (χ0) is 24.9. The molecule has 1 aliphatic rings. The van der Waals surface area contributed by atoms with Crippen LogP contribution >= 0.6 is 0 Å². The summed E-state index contributed by atoms with van der Waals surface area (Å²) in [5.41, 5.74) is 1.45. The van der Waals surface area contributed by atoms with Crippen molar-refractivity contribution in [2.75, 3.05) is 38.2 Å². The molecule has 0 saturated carbocycles. The van der Waals surface area contributed by atoms with Gasteiger partial charge in [0.15, 0.2) is 0 Å². The van der Waals surface area contributed by atoms with Crippen LogP contribution in [0.25, 0.3) is 0 Å². The first-order valence-corrected chi connectivity index (χ1v) is 11.4. The SMILES string of the molecule is COc1ccc(N2C(=O)CC[C@@H](C(=O)N(C)c3cccc(OC)n3)[C@H]2c2ccccc2OC)cc1. The minimum atomic E-state index is -0.568. The third-order valence-corrected chi connectivity index (χ3v) is 6.31. The highest BCUT2D eigenvalue weighted by molar-refractivity contribution is 6.01. The van der Waals surface area contributed by atoms with Crippen molar-refractivity contribution in [3.63, 3.8) is 0 Å². The number of aromatic nitrogens is 1. The van der Waals surface area contributed by atoms with Gasteiger partial charge in [-0.1, -0.05) is 24.3 Å². The van der Waals surface area contributed by atoms with E-state index in [1.807, 2.05) is 36.4 Å². The van der Waals surface area contributed by atoms with Crippen molar-refractivity contribution in [3.05, 3.63) is 72.3 Å². The second-order valence-electron chi connectivity index (χ2n) is 8.23. The number of carbonyl (C=O) groups excluding carboxylic acids is 2. The molecule has 182 valence electrons. The van der Waals surface area contributed by atoms with E-state index in [2.05, 4.69) is 4.98 Å². The maximum atomic E-state index is 13.9. The Bertz CT molecular complexity index is 1200. The number of carbonyl (C=O) groups is 2. The number of amides is 2. The second kappa shape index (κ2) is 10.5. The van der Waals surface area contributed by atoms with Crippen LogP contribution in [-0.4, -0.2) is 45.2 Å². The maximum absolute atomic E-state index is 13.9. The highest BCUT2D eigenvalue weighted by Gasteiger charge is 2.44. The Kier molecular flexibility index (Phi) is 7.19. The van der Waals surface area contributed by atoms with E-state index in [0.717, 1.165) is 5.56 Å². The molecule has 35 heavy (non-hydrogen) atoms. The lowest BCUT2D eigenvalue weighted by atomic mass is 9.82. The lowest BCUT2D eigenvalue weighted by Gasteiger charge is -2.42. The van der Waals surface area contributed by atoms with Crippen molar-refractivity contribution in [3.8, 4) is 17.4 Å². The summed E-state index contributed by atoms with van der Waals surface area (Å²) < 4.78 is 16.2. The van der Waals surface area contributed by atoms with Crippen LogP contribution in [0, 0.1) is 5.92 Å². The predicted octanol–water partition coefficient (Wildman–Crippen LogP) is 4.25. The van der Waals surface area contributed by atoms with Crippen LogP contribution in [0.2, 0.25) is 0 Å². The van der Waals surface area contributed by atoms with Gasteiger partial charge in [-0.05, 0) is 42.8 Å². The molecule has 0 aliphatic carbocycles. The van der Waals surface area contributed by atoms with Crippen LogP contribution in [0.3, 0.4) is 0 Å². The number of methoxy groups -OCH3 is 3. The molecule has 1 saturated heterocycles. The molecule has 8 nitrogen and oxygen atoms in total. The van der Waals surface area contributed by atoms with Gasteiger partial charge in [0.25, 0.3) is 0 Å². The summed E-state index contributed by atoms with van der Waals surface area (Å²) in [6.45, 7) is 0. The number of benzene rings is 2. The van der Waals surface area contributed by atoms with E-state index in [9.17, 15) is 9.59 Å². The first-order chi connectivity index (χ1) is 17.0. The van der Waals surface area contributed by atoms with Crippen LogP contribution in [0.4, 0.5) is 11.5 Å². The van der Waals surface area contributed by atoms with Gasteiger partial charge in [-0.3, -0.25) is 14.5 Å². The largest absolute Gasteiger partial charge is 0.497 e. The lowest BCUT2D eigenvalue weighted by molar-refractivity contribution is -0.127. The number of anilines is 2. The Labute approximate surface area is 205 Å². The fraction of sp³-hybridized carbons (Fsp3) is 0.296. The Morgan fingerprint density at radius 1 is 0.943 bits per heavy atom. The van der Waals surface area contributed by atoms with E-state index in [1.165, 1.54) is 12.0 Å². The number of piperidine rings is 1. The number of pyridine rings is 1. The Hall–Kier alpha value is -4.07. The summed E-state index contributed by atoms with van der Waals surface area (Å²) in [4.78, 5) is 34.9. The van der Waals surface area contributed by atoms with Crippen molar-refractivity contribution in [1.82, 2.24) is 4.98 Å². The van der Waals surface area contributed by atoms with E-state index in [4.69, 9.17) is 14.2 Å². The molecule has 3 aromatic rings. The number of rotatable bonds is 7. The molecule has 2 atom stereocenters. The normalized spacial score (nSPS) is 17.6. The van der Waals surface area contributed by atoms with Crippen LogP contribution in [0.15, 0.2) is 66.7 Å². The van der Waals surface area contributed by atoms with Gasteiger partial charge in [-0.25, -0.2) is 0 Å². The van der Waals surface area contributed by atoms with E-state index in [0.29, 0.717) is 35.3 Å². The quantitative estimate of drug-likeness (QED) is 0.508. The van der Waals surface area contributed by atoms with E-state index >= 15 is 0 Å². The van der Waals surface area contributed by atoms with E-state index < -0.39 is 12.0 Å². The summed E-state index contributed by atoms with van der Waals surface area (Å²) in [6, 6.07) is 19.5. The number of nitrogens with zero attached hydrogens (tertiary/aromatic N) is 3. The van der Waals surface area contributed by atoms with Gasteiger partial charge in [0, 0.05) is 30.8 Å². The van der Waals surface area contributed by atoms with E-state index in [1.54, 1.807) is 56.5 Å². The highest BCUT2D eigenvalue weighted by atomic mass is 16.5. The highest BCUT2D eigenvalue weighted by Crippen LogP contribution is 2.44. The summed E-state index contributed by atoms with van der Waals surface area (Å²) in [6.07, 6.45) is 0.648. The molecular formula is C27H29N3O5. The molecule has 0 N–H and O–H groups in total. The van der Waals surface area contributed by atoms with Gasteiger partial charge in [-0.15, -0.1) is 0 Å². The first-order valence-electron chi connectivity index (χ1n) is 11.4. The monoisotopic (exact) mass is 475 g/mol. The molecule has 0 spiro atoms. The summed E-state index contributed by atoms with van der Waals surface area (Å²) in [5.74, 6) is 1.46. The Balaban J connectivity index is 1.79. The molecule has 0 radical (unpaired) electrons. The molecule has 2 amide bonds. The molecule has 2 heterocycles. The molecule has 1 aliphatic heterocycles. The summed E-state index contributed by atoms with van der Waals surface area (Å²) in [5, 5.41) is 0. The van der Waals surface area contributed by atoms with Gasteiger partial charge in [-0.2, -0.15) is 4.98 Å². The van der Waals surface area contributed by atoms with Crippen LogP contribution in [0.1, 0.15) is 24.4 Å². The number of hydrogen-bond donors (Lipinski definition) is 0. The van der Waals surface area contributed by atoms with Gasteiger partial charge in [0.1, 0.15) is 17.3 Å². The summed E-state index contributed by atoms with van der Waals surface area (Å²) >= 11 is 0. The van der Waals surface area contributed by atoms with Crippen LogP contribution in [-0.2, 0) is 9.59 Å². The average molecular weight is 476 g/mol. The number of ether oxygens (including phenoxy) is 3. The standard InChI is InChI=1S/C27H29N3O5/c1-29(23-10-7-11-24(28-23)35-4)27(32)21-16-17-25(31)30(18-12-14-19(33-2)15-13-18)26(21)20-8-5-6-9-22(20)34-3/h5-15,21,26H,16-17H2,1-4H3/t21-,26-/m1/s1. The second-order valence-corrected chi connectivity index (χ2v) is 8.23. The Morgan fingerprint density at radius 2 is 1.69 bits per heavy atom. The third kappa shape index (κ3) is 4.77. The summed E-state index contributed by atoms with van der Waals surface area (Å²) in [7, 11) is 6.41. The minimum Gasteiger partial charge on any atom is -0.497 e.